The summed E-state index contributed by atoms with van der Waals surface area (Å²) in [6, 6.07) is 3.70. The second kappa shape index (κ2) is 4.13. The van der Waals surface area contributed by atoms with Crippen LogP contribution in [0.1, 0.15) is 31.8 Å². The number of hydrogen-bond acceptors (Lipinski definition) is 6. The third-order valence-electron chi connectivity index (χ3n) is 3.41. The molecule has 106 valence electrons. The largest absolute Gasteiger partial charge is 0.507 e. The average molecular weight is 305 g/mol. The van der Waals surface area contributed by atoms with Crippen LogP contribution in [0.3, 0.4) is 0 Å². The van der Waals surface area contributed by atoms with Crippen molar-refractivity contribution in [3.63, 3.8) is 0 Å². The van der Waals surface area contributed by atoms with Crippen molar-refractivity contribution in [2.45, 2.75) is 0 Å². The van der Waals surface area contributed by atoms with E-state index in [1.165, 1.54) is 18.2 Å². The summed E-state index contributed by atoms with van der Waals surface area (Å²) in [4.78, 5) is 25.0. The molecular weight excluding hydrogens is 296 g/mol. The van der Waals surface area contributed by atoms with Crippen molar-refractivity contribution < 1.29 is 19.8 Å². The van der Waals surface area contributed by atoms with Gasteiger partial charge in [-0.3, -0.25) is 9.59 Å². The Morgan fingerprint density at radius 3 is 2.10 bits per heavy atom. The number of ketones is 2. The third-order valence-corrected chi connectivity index (χ3v) is 3.70. The van der Waals surface area contributed by atoms with Gasteiger partial charge >= 0.3 is 0 Å². The van der Waals surface area contributed by atoms with E-state index in [2.05, 4.69) is 0 Å². The van der Waals surface area contributed by atoms with Gasteiger partial charge in [0.2, 0.25) is 5.78 Å². The summed E-state index contributed by atoms with van der Waals surface area (Å²) in [5, 5.41) is 19.7. The Labute approximate surface area is 123 Å². The molecule has 0 atom stereocenters. The standard InChI is InChI=1S/C14H9ClN2O4/c15-4-3-6(17)9-11(12(4)19)14(21)10-7(18)2-1-5(16)8(10)13(9)20/h1-3,18-19H,16-17H2. The van der Waals surface area contributed by atoms with Crippen molar-refractivity contribution >= 4 is 34.5 Å². The van der Waals surface area contributed by atoms with Crippen molar-refractivity contribution in [1.29, 1.82) is 0 Å². The summed E-state index contributed by atoms with van der Waals surface area (Å²) in [7, 11) is 0. The van der Waals surface area contributed by atoms with E-state index >= 15 is 0 Å². The minimum atomic E-state index is -0.754. The molecule has 0 saturated carbocycles. The molecule has 21 heavy (non-hydrogen) atoms. The topological polar surface area (TPSA) is 127 Å². The average Bonchev–Trinajstić information content (AvgIpc) is 2.42. The van der Waals surface area contributed by atoms with Gasteiger partial charge < -0.3 is 21.7 Å². The molecule has 0 radical (unpaired) electrons. The van der Waals surface area contributed by atoms with Gasteiger partial charge in [-0.15, -0.1) is 0 Å². The molecule has 0 aromatic heterocycles. The number of anilines is 2. The number of hydrogen-bond donors (Lipinski definition) is 4. The minimum absolute atomic E-state index is 0.0421. The van der Waals surface area contributed by atoms with Gasteiger partial charge in [0.15, 0.2) is 5.78 Å². The summed E-state index contributed by atoms with van der Waals surface area (Å²) < 4.78 is 0. The molecule has 0 unspecified atom stereocenters. The molecule has 0 amide bonds. The van der Waals surface area contributed by atoms with Crippen LogP contribution in [-0.2, 0) is 0 Å². The number of rotatable bonds is 0. The van der Waals surface area contributed by atoms with Crippen LogP contribution >= 0.6 is 11.6 Å². The molecule has 2 aromatic carbocycles. The number of phenolic OH excluding ortho intramolecular Hbond substituents is 2. The van der Waals surface area contributed by atoms with E-state index in [-0.39, 0.29) is 38.7 Å². The lowest BCUT2D eigenvalue weighted by atomic mass is 9.81. The molecule has 0 spiro atoms. The Morgan fingerprint density at radius 2 is 1.43 bits per heavy atom. The summed E-state index contributed by atoms with van der Waals surface area (Å²) >= 11 is 5.78. The van der Waals surface area contributed by atoms with E-state index in [9.17, 15) is 19.8 Å². The van der Waals surface area contributed by atoms with Crippen LogP contribution in [0.4, 0.5) is 11.4 Å². The lowest BCUT2D eigenvalue weighted by molar-refractivity contribution is 0.0975. The van der Waals surface area contributed by atoms with Gasteiger partial charge in [-0.2, -0.15) is 0 Å². The molecule has 0 fully saturated rings. The molecule has 6 nitrogen and oxygen atoms in total. The van der Waals surface area contributed by atoms with E-state index in [4.69, 9.17) is 23.1 Å². The van der Waals surface area contributed by atoms with Gasteiger partial charge in [0, 0.05) is 11.4 Å². The van der Waals surface area contributed by atoms with Gasteiger partial charge in [0.1, 0.15) is 11.5 Å². The van der Waals surface area contributed by atoms with Crippen LogP contribution < -0.4 is 11.5 Å². The van der Waals surface area contributed by atoms with Gasteiger partial charge in [-0.05, 0) is 18.2 Å². The maximum atomic E-state index is 12.5. The highest BCUT2D eigenvalue weighted by molar-refractivity contribution is 6.37. The Morgan fingerprint density at radius 1 is 0.857 bits per heavy atom. The number of halogens is 1. The quantitative estimate of drug-likeness (QED) is 0.370. The Balaban J connectivity index is 2.47. The Bertz CT molecular complexity index is 846. The molecule has 1 aliphatic rings. The Hall–Kier alpha value is -2.73. The van der Waals surface area contributed by atoms with Crippen molar-refractivity contribution in [1.82, 2.24) is 0 Å². The maximum absolute atomic E-state index is 12.5. The van der Waals surface area contributed by atoms with E-state index in [0.717, 1.165) is 0 Å². The monoisotopic (exact) mass is 304 g/mol. The summed E-state index contributed by atoms with van der Waals surface area (Å²) in [6.45, 7) is 0. The minimum Gasteiger partial charge on any atom is -0.507 e. The highest BCUT2D eigenvalue weighted by atomic mass is 35.5. The lowest BCUT2D eigenvalue weighted by Crippen LogP contribution is -2.24. The summed E-state index contributed by atoms with van der Waals surface area (Å²) in [5.41, 5.74) is 10.6. The molecule has 0 saturated heterocycles. The molecular formula is C14H9ClN2O4. The fourth-order valence-corrected chi connectivity index (χ4v) is 2.67. The van der Waals surface area contributed by atoms with Gasteiger partial charge in [0.25, 0.3) is 0 Å². The third kappa shape index (κ3) is 1.59. The fraction of sp³-hybridized carbons (Fsp3) is 0. The number of benzene rings is 2. The predicted octanol–water partition coefficient (Wildman–Crippen LogP) is 1.69. The molecule has 7 heteroatoms. The van der Waals surface area contributed by atoms with E-state index in [0.29, 0.717) is 0 Å². The summed E-state index contributed by atoms with van der Waals surface area (Å²) in [6.07, 6.45) is 0. The van der Waals surface area contributed by atoms with E-state index < -0.39 is 23.1 Å². The first-order chi connectivity index (χ1) is 9.84. The van der Waals surface area contributed by atoms with Crippen LogP contribution in [0.2, 0.25) is 5.02 Å². The molecule has 0 aliphatic heterocycles. The number of nitrogens with two attached hydrogens (primary N) is 2. The van der Waals surface area contributed by atoms with E-state index in [1.807, 2.05) is 0 Å². The second-order valence-electron chi connectivity index (χ2n) is 4.63. The van der Waals surface area contributed by atoms with Crippen molar-refractivity contribution in [2.75, 3.05) is 11.5 Å². The normalized spacial score (nSPS) is 13.0. The number of nitrogen functional groups attached to an aromatic ring is 2. The summed E-state index contributed by atoms with van der Waals surface area (Å²) in [5.74, 6) is -2.35. The number of phenols is 2. The van der Waals surface area contributed by atoms with Crippen LogP contribution in [0.5, 0.6) is 11.5 Å². The molecule has 0 bridgehead atoms. The second-order valence-corrected chi connectivity index (χ2v) is 5.04. The number of aromatic hydroxyl groups is 2. The zero-order valence-electron chi connectivity index (χ0n) is 10.5. The maximum Gasteiger partial charge on any atom is 0.202 e. The van der Waals surface area contributed by atoms with Crippen molar-refractivity contribution in [3.05, 3.63) is 45.5 Å². The van der Waals surface area contributed by atoms with Crippen molar-refractivity contribution in [3.8, 4) is 11.5 Å². The van der Waals surface area contributed by atoms with Crippen LogP contribution in [0.15, 0.2) is 18.2 Å². The van der Waals surface area contributed by atoms with Gasteiger partial charge in [-0.1, -0.05) is 11.6 Å². The van der Waals surface area contributed by atoms with Gasteiger partial charge in [-0.25, -0.2) is 0 Å². The zero-order valence-corrected chi connectivity index (χ0v) is 11.2. The van der Waals surface area contributed by atoms with Gasteiger partial charge in [0.05, 0.1) is 27.3 Å². The fourth-order valence-electron chi connectivity index (χ4n) is 2.46. The molecule has 0 heterocycles. The SMILES string of the molecule is Nc1ccc(O)c2c1C(=O)c1c(N)cc(Cl)c(O)c1C2=O. The molecule has 1 aliphatic carbocycles. The van der Waals surface area contributed by atoms with Crippen LogP contribution in [-0.4, -0.2) is 21.8 Å². The van der Waals surface area contributed by atoms with Crippen LogP contribution in [0, 0.1) is 0 Å². The zero-order chi connectivity index (χ0) is 15.5. The Kier molecular flexibility index (Phi) is 2.61. The highest BCUT2D eigenvalue weighted by Gasteiger charge is 2.37. The highest BCUT2D eigenvalue weighted by Crippen LogP contribution is 2.43. The molecule has 6 N–H and O–H groups in total. The first-order valence-corrected chi connectivity index (χ1v) is 6.24. The van der Waals surface area contributed by atoms with E-state index in [1.54, 1.807) is 0 Å². The smallest absolute Gasteiger partial charge is 0.202 e. The lowest BCUT2D eigenvalue weighted by Gasteiger charge is -2.22. The first kappa shape index (κ1) is 13.3. The van der Waals surface area contributed by atoms with Crippen LogP contribution in [0.25, 0.3) is 0 Å². The number of carbonyl (C=O) groups is 2. The number of fused-ring (bicyclic) bond motifs is 2. The predicted molar refractivity (Wildman–Crippen MR) is 76.9 cm³/mol. The van der Waals surface area contributed by atoms with Crippen molar-refractivity contribution in [2.24, 2.45) is 0 Å². The number of carbonyl (C=O) groups excluding carboxylic acids is 2. The first-order valence-electron chi connectivity index (χ1n) is 5.86. The molecule has 3 rings (SSSR count). The molecule has 2 aromatic rings.